The lowest BCUT2D eigenvalue weighted by atomic mass is 10.2. The van der Waals surface area contributed by atoms with Gasteiger partial charge in [0, 0.05) is 29.5 Å². The third-order valence-corrected chi connectivity index (χ3v) is 4.30. The highest BCUT2D eigenvalue weighted by atomic mass is 79.9. The number of anilines is 2. The molecule has 0 saturated carbocycles. The van der Waals surface area contributed by atoms with E-state index in [0.717, 1.165) is 32.9 Å². The molecule has 0 fully saturated rings. The molecule has 0 aliphatic heterocycles. The second kappa shape index (κ2) is 8.03. The van der Waals surface area contributed by atoms with Crippen molar-refractivity contribution in [2.24, 2.45) is 0 Å². The van der Waals surface area contributed by atoms with Crippen molar-refractivity contribution in [1.29, 1.82) is 0 Å². The predicted octanol–water partition coefficient (Wildman–Crippen LogP) is 5.20. The number of halogens is 1. The molecule has 128 valence electrons. The van der Waals surface area contributed by atoms with Crippen LogP contribution < -0.4 is 14.4 Å². The fourth-order valence-corrected chi connectivity index (χ4v) is 2.87. The molecule has 0 unspecified atom stereocenters. The molecule has 0 saturated heterocycles. The first-order valence-electron chi connectivity index (χ1n) is 7.86. The van der Waals surface area contributed by atoms with E-state index in [2.05, 4.69) is 25.8 Å². The molecule has 0 bridgehead atoms. The van der Waals surface area contributed by atoms with Crippen LogP contribution in [0.25, 0.3) is 0 Å². The van der Waals surface area contributed by atoms with Crippen molar-refractivity contribution in [3.05, 3.63) is 77.0 Å². The number of ether oxygens (including phenoxy) is 2. The molecular formula is C20H19BrN2O2. The number of hydrogen-bond acceptors (Lipinski definition) is 4. The molecule has 1 heterocycles. The normalized spacial score (nSPS) is 10.4. The van der Waals surface area contributed by atoms with E-state index >= 15 is 0 Å². The zero-order chi connectivity index (χ0) is 17.6. The number of benzene rings is 2. The first kappa shape index (κ1) is 17.3. The van der Waals surface area contributed by atoms with Crippen molar-refractivity contribution in [1.82, 2.24) is 4.98 Å². The maximum absolute atomic E-state index is 5.96. The molecule has 2 aromatic carbocycles. The molecule has 1 aromatic heterocycles. The Bertz CT molecular complexity index is 823. The van der Waals surface area contributed by atoms with Gasteiger partial charge in [0.25, 0.3) is 0 Å². The molecule has 0 radical (unpaired) electrons. The molecule has 0 N–H and O–H groups in total. The highest BCUT2D eigenvalue weighted by Gasteiger charge is 2.08. The van der Waals surface area contributed by atoms with Crippen LogP contribution in [0.5, 0.6) is 11.5 Å². The Kier molecular flexibility index (Phi) is 5.56. The fourth-order valence-electron chi connectivity index (χ4n) is 2.41. The number of pyridine rings is 1. The molecule has 3 aromatic rings. The fraction of sp³-hybridized carbons (Fsp3) is 0.150. The molecule has 25 heavy (non-hydrogen) atoms. The van der Waals surface area contributed by atoms with Gasteiger partial charge in [-0.3, -0.25) is 4.98 Å². The number of aromatic nitrogens is 1. The molecule has 0 atom stereocenters. The van der Waals surface area contributed by atoms with E-state index in [1.807, 2.05) is 67.8 Å². The van der Waals surface area contributed by atoms with Gasteiger partial charge in [-0.1, -0.05) is 28.1 Å². The summed E-state index contributed by atoms with van der Waals surface area (Å²) in [6.45, 7) is 0.497. The van der Waals surface area contributed by atoms with Crippen LogP contribution in [-0.2, 0) is 6.61 Å². The Labute approximate surface area is 156 Å². The average Bonchev–Trinajstić information content (AvgIpc) is 2.66. The molecule has 0 aliphatic carbocycles. The average molecular weight is 399 g/mol. The van der Waals surface area contributed by atoms with Gasteiger partial charge in [-0.25, -0.2) is 0 Å². The summed E-state index contributed by atoms with van der Waals surface area (Å²) in [5.74, 6) is 1.64. The summed E-state index contributed by atoms with van der Waals surface area (Å²) < 4.78 is 12.1. The summed E-state index contributed by atoms with van der Waals surface area (Å²) in [6.07, 6.45) is 3.60. The van der Waals surface area contributed by atoms with Crippen LogP contribution in [0.4, 0.5) is 11.4 Å². The SMILES string of the molecule is COc1ccc(COc2cc(Br)cc(N(C)c3cccnc3)c2)cc1. The first-order chi connectivity index (χ1) is 12.2. The second-order valence-corrected chi connectivity index (χ2v) is 6.47. The summed E-state index contributed by atoms with van der Waals surface area (Å²) in [4.78, 5) is 6.24. The zero-order valence-electron chi connectivity index (χ0n) is 14.1. The summed E-state index contributed by atoms with van der Waals surface area (Å²) in [5.41, 5.74) is 3.12. The van der Waals surface area contributed by atoms with Gasteiger partial charge in [0.1, 0.15) is 18.1 Å². The summed E-state index contributed by atoms with van der Waals surface area (Å²) >= 11 is 3.56. The van der Waals surface area contributed by atoms with E-state index in [4.69, 9.17) is 9.47 Å². The Morgan fingerprint density at radius 3 is 2.48 bits per heavy atom. The van der Waals surface area contributed by atoms with Crippen LogP contribution >= 0.6 is 15.9 Å². The Morgan fingerprint density at radius 1 is 1.00 bits per heavy atom. The number of nitrogens with zero attached hydrogens (tertiary/aromatic N) is 2. The largest absolute Gasteiger partial charge is 0.497 e. The maximum atomic E-state index is 5.96. The minimum Gasteiger partial charge on any atom is -0.497 e. The smallest absolute Gasteiger partial charge is 0.123 e. The van der Waals surface area contributed by atoms with Gasteiger partial charge in [0.2, 0.25) is 0 Å². The van der Waals surface area contributed by atoms with Crippen molar-refractivity contribution in [2.75, 3.05) is 19.1 Å². The van der Waals surface area contributed by atoms with E-state index < -0.39 is 0 Å². The molecule has 0 aliphatic rings. The Balaban J connectivity index is 1.74. The van der Waals surface area contributed by atoms with E-state index in [1.54, 1.807) is 13.3 Å². The maximum Gasteiger partial charge on any atom is 0.123 e. The monoisotopic (exact) mass is 398 g/mol. The Morgan fingerprint density at radius 2 is 1.80 bits per heavy atom. The topological polar surface area (TPSA) is 34.6 Å². The van der Waals surface area contributed by atoms with Crippen LogP contribution in [0.2, 0.25) is 0 Å². The number of hydrogen-bond donors (Lipinski definition) is 0. The van der Waals surface area contributed by atoms with E-state index in [9.17, 15) is 0 Å². The van der Waals surface area contributed by atoms with Crippen LogP contribution in [0.3, 0.4) is 0 Å². The van der Waals surface area contributed by atoms with Gasteiger partial charge in [0.05, 0.1) is 19.0 Å². The number of rotatable bonds is 6. The van der Waals surface area contributed by atoms with Crippen molar-refractivity contribution < 1.29 is 9.47 Å². The van der Waals surface area contributed by atoms with Crippen molar-refractivity contribution in [2.45, 2.75) is 6.61 Å². The standard InChI is InChI=1S/C20H19BrN2O2/c1-23(17-4-3-9-22-13-17)18-10-16(21)11-20(12-18)25-14-15-5-7-19(24-2)8-6-15/h3-13H,14H2,1-2H3. The second-order valence-electron chi connectivity index (χ2n) is 5.55. The summed E-state index contributed by atoms with van der Waals surface area (Å²) in [5, 5.41) is 0. The van der Waals surface area contributed by atoms with Crippen LogP contribution in [-0.4, -0.2) is 19.1 Å². The quantitative estimate of drug-likeness (QED) is 0.571. The number of methoxy groups -OCH3 is 1. The third-order valence-electron chi connectivity index (χ3n) is 3.84. The third kappa shape index (κ3) is 4.51. The lowest BCUT2D eigenvalue weighted by molar-refractivity contribution is 0.306. The van der Waals surface area contributed by atoms with E-state index in [0.29, 0.717) is 6.61 Å². The minimum absolute atomic E-state index is 0.497. The van der Waals surface area contributed by atoms with Crippen LogP contribution in [0.1, 0.15) is 5.56 Å². The molecule has 4 nitrogen and oxygen atoms in total. The van der Waals surface area contributed by atoms with Gasteiger partial charge in [-0.05, 0) is 42.0 Å². The van der Waals surface area contributed by atoms with Crippen LogP contribution in [0.15, 0.2) is 71.5 Å². The lowest BCUT2D eigenvalue weighted by Crippen LogP contribution is -2.09. The van der Waals surface area contributed by atoms with Gasteiger partial charge < -0.3 is 14.4 Å². The molecule has 0 spiro atoms. The van der Waals surface area contributed by atoms with E-state index in [-0.39, 0.29) is 0 Å². The highest BCUT2D eigenvalue weighted by Crippen LogP contribution is 2.31. The molecule has 5 heteroatoms. The van der Waals surface area contributed by atoms with Crippen molar-refractivity contribution in [3.63, 3.8) is 0 Å². The minimum atomic E-state index is 0.497. The molecule has 3 rings (SSSR count). The van der Waals surface area contributed by atoms with Gasteiger partial charge >= 0.3 is 0 Å². The predicted molar refractivity (Wildman–Crippen MR) is 104 cm³/mol. The first-order valence-corrected chi connectivity index (χ1v) is 8.65. The van der Waals surface area contributed by atoms with Crippen molar-refractivity contribution >= 4 is 27.3 Å². The highest BCUT2D eigenvalue weighted by molar-refractivity contribution is 9.10. The lowest BCUT2D eigenvalue weighted by Gasteiger charge is -2.20. The Hall–Kier alpha value is -2.53. The van der Waals surface area contributed by atoms with Gasteiger partial charge in [0.15, 0.2) is 0 Å². The zero-order valence-corrected chi connectivity index (χ0v) is 15.7. The van der Waals surface area contributed by atoms with Crippen molar-refractivity contribution in [3.8, 4) is 11.5 Å². The summed E-state index contributed by atoms with van der Waals surface area (Å²) in [6, 6.07) is 17.8. The van der Waals surface area contributed by atoms with Gasteiger partial charge in [-0.15, -0.1) is 0 Å². The summed E-state index contributed by atoms with van der Waals surface area (Å²) in [7, 11) is 3.67. The molecular weight excluding hydrogens is 380 g/mol. The molecule has 0 amide bonds. The van der Waals surface area contributed by atoms with Gasteiger partial charge in [-0.2, -0.15) is 0 Å². The van der Waals surface area contributed by atoms with Crippen LogP contribution in [0, 0.1) is 0 Å². The van der Waals surface area contributed by atoms with E-state index in [1.165, 1.54) is 0 Å².